The first kappa shape index (κ1) is 17.5. The number of alkyl halides is 3. The first-order valence-corrected chi connectivity index (χ1v) is 8.22. The molecule has 4 rings (SSSR count). The Morgan fingerprint density at radius 2 is 2.11 bits per heavy atom. The number of hydrogen-bond donors (Lipinski definition) is 2. The molecule has 27 heavy (non-hydrogen) atoms. The molecule has 0 aliphatic carbocycles. The summed E-state index contributed by atoms with van der Waals surface area (Å²) in [5, 5.41) is 9.06. The van der Waals surface area contributed by atoms with Crippen molar-refractivity contribution in [3.63, 3.8) is 0 Å². The van der Waals surface area contributed by atoms with Crippen molar-refractivity contribution in [2.24, 2.45) is 0 Å². The van der Waals surface area contributed by atoms with Crippen LogP contribution in [-0.4, -0.2) is 58.6 Å². The van der Waals surface area contributed by atoms with Crippen molar-refractivity contribution in [3.05, 3.63) is 24.2 Å². The van der Waals surface area contributed by atoms with E-state index in [0.29, 0.717) is 23.6 Å². The van der Waals surface area contributed by atoms with E-state index < -0.39 is 30.3 Å². The van der Waals surface area contributed by atoms with Gasteiger partial charge in [0.1, 0.15) is 0 Å². The molecule has 2 aliphatic rings. The molecular weight excluding hydrogens is 369 g/mol. The molecule has 0 bridgehead atoms. The van der Waals surface area contributed by atoms with Gasteiger partial charge in [-0.1, -0.05) is 0 Å². The van der Waals surface area contributed by atoms with E-state index >= 15 is 0 Å². The zero-order valence-electron chi connectivity index (χ0n) is 13.9. The highest BCUT2D eigenvalue weighted by Gasteiger charge is 2.37. The molecule has 0 aromatic carbocycles. The first-order chi connectivity index (χ1) is 12.8. The summed E-state index contributed by atoms with van der Waals surface area (Å²) in [5.74, 6) is -1.20. The molecule has 12 heteroatoms. The van der Waals surface area contributed by atoms with Gasteiger partial charge in [0.25, 0.3) is 0 Å². The SMILES string of the molecule is O=C1NCC(c2cc(N3CC[C@H](OC(F)(F)F)C3)c3nccn3n2)C(=O)N1. The highest BCUT2D eigenvalue weighted by Crippen LogP contribution is 2.30. The molecule has 2 aromatic rings. The summed E-state index contributed by atoms with van der Waals surface area (Å²) >= 11 is 0. The summed E-state index contributed by atoms with van der Waals surface area (Å²) < 4.78 is 43.0. The van der Waals surface area contributed by atoms with Crippen molar-refractivity contribution >= 4 is 23.3 Å². The van der Waals surface area contributed by atoms with Crippen LogP contribution < -0.4 is 15.5 Å². The predicted molar refractivity (Wildman–Crippen MR) is 85.0 cm³/mol. The van der Waals surface area contributed by atoms with E-state index in [2.05, 4.69) is 25.5 Å². The summed E-state index contributed by atoms with van der Waals surface area (Å²) in [6.07, 6.45) is -2.36. The van der Waals surface area contributed by atoms with Gasteiger partial charge in [-0.15, -0.1) is 13.2 Å². The van der Waals surface area contributed by atoms with Crippen LogP contribution in [0.4, 0.5) is 23.7 Å². The van der Waals surface area contributed by atoms with E-state index in [0.717, 1.165) is 0 Å². The van der Waals surface area contributed by atoms with Crippen molar-refractivity contribution < 1.29 is 27.5 Å². The molecular formula is C15H15F3N6O3. The predicted octanol–water partition coefficient (Wildman–Crippen LogP) is 0.767. The molecule has 3 amide bonds. The normalized spacial score (nSPS) is 23.6. The molecule has 2 saturated heterocycles. The average molecular weight is 384 g/mol. The number of hydrogen-bond acceptors (Lipinski definition) is 6. The molecule has 144 valence electrons. The van der Waals surface area contributed by atoms with Gasteiger partial charge < -0.3 is 10.2 Å². The number of fused-ring (bicyclic) bond motifs is 1. The number of urea groups is 1. The smallest absolute Gasteiger partial charge is 0.366 e. The van der Waals surface area contributed by atoms with E-state index in [1.54, 1.807) is 17.2 Å². The molecule has 0 radical (unpaired) electrons. The van der Waals surface area contributed by atoms with Gasteiger partial charge in [0.15, 0.2) is 5.65 Å². The Bertz CT molecular complexity index is 899. The Morgan fingerprint density at radius 3 is 2.85 bits per heavy atom. The minimum Gasteiger partial charge on any atom is -0.366 e. The fourth-order valence-corrected chi connectivity index (χ4v) is 3.32. The third-order valence-corrected chi connectivity index (χ3v) is 4.52. The Morgan fingerprint density at radius 1 is 1.30 bits per heavy atom. The lowest BCUT2D eigenvalue weighted by Crippen LogP contribution is -2.51. The van der Waals surface area contributed by atoms with E-state index in [1.807, 2.05) is 0 Å². The topological polar surface area (TPSA) is 101 Å². The Balaban J connectivity index is 1.64. The van der Waals surface area contributed by atoms with Gasteiger partial charge in [-0.3, -0.25) is 14.8 Å². The first-order valence-electron chi connectivity index (χ1n) is 8.22. The van der Waals surface area contributed by atoms with Crippen molar-refractivity contribution in [1.29, 1.82) is 0 Å². The van der Waals surface area contributed by atoms with Crippen molar-refractivity contribution in [3.8, 4) is 0 Å². The molecule has 4 heterocycles. The second kappa shape index (κ2) is 6.37. The van der Waals surface area contributed by atoms with E-state index in [9.17, 15) is 22.8 Å². The molecule has 2 aromatic heterocycles. The minimum absolute atomic E-state index is 0.0408. The number of nitrogens with one attached hydrogen (secondary N) is 2. The number of halogens is 3. The van der Waals surface area contributed by atoms with Crippen LogP contribution in [0.15, 0.2) is 18.5 Å². The van der Waals surface area contributed by atoms with Crippen LogP contribution in [0.2, 0.25) is 0 Å². The lowest BCUT2D eigenvalue weighted by atomic mass is 10.0. The van der Waals surface area contributed by atoms with Gasteiger partial charge in [-0.25, -0.2) is 14.3 Å². The van der Waals surface area contributed by atoms with Crippen LogP contribution in [0, 0.1) is 0 Å². The number of imide groups is 1. The summed E-state index contributed by atoms with van der Waals surface area (Å²) in [6, 6.07) is 1.05. The maximum absolute atomic E-state index is 12.5. The average Bonchev–Trinajstić information content (AvgIpc) is 3.21. The third kappa shape index (κ3) is 3.52. The van der Waals surface area contributed by atoms with Crippen molar-refractivity contribution in [2.45, 2.75) is 24.8 Å². The van der Waals surface area contributed by atoms with Crippen LogP contribution in [0.1, 0.15) is 18.0 Å². The standard InChI is InChI=1S/C15H15F3N6O3/c16-15(17,18)27-8-1-3-23(7-8)11-5-10(22-24-4-2-19-12(11)24)9-6-20-14(26)21-13(9)25/h2,4-5,8-9H,1,3,6-7H2,(H2,20,21,25,26)/t8-,9?/m0/s1. The monoisotopic (exact) mass is 384 g/mol. The Labute approximate surface area is 150 Å². The zero-order chi connectivity index (χ0) is 19.2. The van der Waals surface area contributed by atoms with Crippen LogP contribution in [0.5, 0.6) is 0 Å². The second-order valence-corrected chi connectivity index (χ2v) is 6.32. The second-order valence-electron chi connectivity index (χ2n) is 6.32. The van der Waals surface area contributed by atoms with Crippen LogP contribution in [-0.2, 0) is 9.53 Å². The molecule has 2 fully saturated rings. The molecule has 0 saturated carbocycles. The van der Waals surface area contributed by atoms with Gasteiger partial charge >= 0.3 is 12.4 Å². The van der Waals surface area contributed by atoms with Crippen molar-refractivity contribution in [2.75, 3.05) is 24.5 Å². The zero-order valence-corrected chi connectivity index (χ0v) is 13.9. The third-order valence-electron chi connectivity index (χ3n) is 4.52. The fourth-order valence-electron chi connectivity index (χ4n) is 3.32. The number of imidazole rings is 1. The van der Waals surface area contributed by atoms with Crippen LogP contribution in [0.3, 0.4) is 0 Å². The quantitative estimate of drug-likeness (QED) is 0.811. The molecule has 2 aliphatic heterocycles. The largest absolute Gasteiger partial charge is 0.522 e. The van der Waals surface area contributed by atoms with E-state index in [-0.39, 0.29) is 19.5 Å². The highest BCUT2D eigenvalue weighted by molar-refractivity contribution is 6.00. The maximum atomic E-state index is 12.5. The molecule has 2 atom stereocenters. The molecule has 2 N–H and O–H groups in total. The lowest BCUT2D eigenvalue weighted by Gasteiger charge is -2.24. The lowest BCUT2D eigenvalue weighted by molar-refractivity contribution is -0.339. The van der Waals surface area contributed by atoms with Crippen molar-refractivity contribution in [1.82, 2.24) is 25.2 Å². The number of nitrogens with zero attached hydrogens (tertiary/aromatic N) is 4. The van der Waals surface area contributed by atoms with Gasteiger partial charge in [-0.05, 0) is 12.5 Å². The molecule has 9 nitrogen and oxygen atoms in total. The van der Waals surface area contributed by atoms with E-state index in [1.165, 1.54) is 10.7 Å². The number of anilines is 1. The molecule has 1 unspecified atom stereocenters. The summed E-state index contributed by atoms with van der Waals surface area (Å²) in [6.45, 7) is 0.469. The van der Waals surface area contributed by atoms with Gasteiger partial charge in [0, 0.05) is 32.0 Å². The number of amides is 3. The number of carbonyl (C=O) groups is 2. The maximum Gasteiger partial charge on any atom is 0.522 e. The number of carbonyl (C=O) groups excluding carboxylic acids is 2. The van der Waals surface area contributed by atoms with Gasteiger partial charge in [0.05, 0.1) is 23.4 Å². The molecule has 0 spiro atoms. The number of rotatable bonds is 3. The Kier molecular flexibility index (Phi) is 4.13. The van der Waals surface area contributed by atoms with Crippen LogP contribution in [0.25, 0.3) is 5.65 Å². The number of ether oxygens (including phenoxy) is 1. The van der Waals surface area contributed by atoms with Gasteiger partial charge in [-0.2, -0.15) is 5.10 Å². The van der Waals surface area contributed by atoms with E-state index in [4.69, 9.17) is 0 Å². The Hall–Kier alpha value is -2.89. The summed E-state index contributed by atoms with van der Waals surface area (Å²) in [4.78, 5) is 29.3. The summed E-state index contributed by atoms with van der Waals surface area (Å²) in [7, 11) is 0. The number of aromatic nitrogens is 3. The summed E-state index contributed by atoms with van der Waals surface area (Å²) in [5.41, 5.74) is 1.41. The van der Waals surface area contributed by atoms with Gasteiger partial charge in [0.2, 0.25) is 5.91 Å². The highest BCUT2D eigenvalue weighted by atomic mass is 19.4. The fraction of sp³-hybridized carbons (Fsp3) is 0.467. The van der Waals surface area contributed by atoms with Crippen LogP contribution >= 0.6 is 0 Å². The minimum atomic E-state index is -4.69.